The predicted molar refractivity (Wildman–Crippen MR) is 119 cm³/mol. The van der Waals surface area contributed by atoms with Crippen LogP contribution in [0.2, 0.25) is 0 Å². The standard InChI is InChI=1S/C25H33N3O/c1-3-5-17-25(29,18-6-4-2)19-23-24(22-15-11-8-12-16-22)28(27-26-23)20-21-13-9-7-10-14-21/h7-16,29H,3-6,17-20H2,1-2H3. The maximum absolute atomic E-state index is 11.4. The SMILES string of the molecule is CCCCC(O)(CCCC)Cc1nnn(Cc2ccccc2)c1-c1ccccc1. The van der Waals surface area contributed by atoms with E-state index in [0.717, 1.165) is 55.5 Å². The molecular formula is C25H33N3O. The molecule has 1 N–H and O–H groups in total. The zero-order valence-corrected chi connectivity index (χ0v) is 17.7. The molecule has 3 rings (SSSR count). The third-order valence-electron chi connectivity index (χ3n) is 5.52. The van der Waals surface area contributed by atoms with E-state index >= 15 is 0 Å². The second-order valence-corrected chi connectivity index (χ2v) is 8.00. The molecule has 2 aromatic carbocycles. The van der Waals surface area contributed by atoms with E-state index in [0.29, 0.717) is 13.0 Å². The van der Waals surface area contributed by atoms with Gasteiger partial charge in [-0.05, 0) is 18.4 Å². The maximum atomic E-state index is 11.4. The first-order valence-corrected chi connectivity index (χ1v) is 10.9. The van der Waals surface area contributed by atoms with E-state index in [1.807, 2.05) is 41.1 Å². The van der Waals surface area contributed by atoms with E-state index in [-0.39, 0.29) is 0 Å². The van der Waals surface area contributed by atoms with Crippen molar-refractivity contribution < 1.29 is 5.11 Å². The van der Waals surface area contributed by atoms with Crippen molar-refractivity contribution in [2.75, 3.05) is 0 Å². The Hall–Kier alpha value is -2.46. The van der Waals surface area contributed by atoms with Gasteiger partial charge in [-0.3, -0.25) is 0 Å². The van der Waals surface area contributed by atoms with Crippen molar-refractivity contribution in [2.24, 2.45) is 0 Å². The largest absolute Gasteiger partial charge is 0.389 e. The first kappa shape index (κ1) is 21.3. The van der Waals surface area contributed by atoms with E-state index in [1.165, 1.54) is 5.56 Å². The molecule has 0 unspecified atom stereocenters. The van der Waals surface area contributed by atoms with Crippen LogP contribution in [0.5, 0.6) is 0 Å². The molecule has 154 valence electrons. The number of hydrogen-bond donors (Lipinski definition) is 1. The van der Waals surface area contributed by atoms with Crippen molar-refractivity contribution in [3.8, 4) is 11.3 Å². The molecule has 0 radical (unpaired) electrons. The van der Waals surface area contributed by atoms with Crippen LogP contribution in [0, 0.1) is 0 Å². The quantitative estimate of drug-likeness (QED) is 0.460. The van der Waals surface area contributed by atoms with Crippen LogP contribution in [-0.4, -0.2) is 25.7 Å². The van der Waals surface area contributed by atoms with Crippen LogP contribution in [0.25, 0.3) is 11.3 Å². The molecule has 0 amide bonds. The second kappa shape index (κ2) is 10.4. The fourth-order valence-corrected chi connectivity index (χ4v) is 3.87. The van der Waals surface area contributed by atoms with Crippen LogP contribution in [0.1, 0.15) is 63.6 Å². The molecule has 29 heavy (non-hydrogen) atoms. The van der Waals surface area contributed by atoms with E-state index in [1.54, 1.807) is 0 Å². The molecular weight excluding hydrogens is 358 g/mol. The number of aliphatic hydroxyl groups is 1. The lowest BCUT2D eigenvalue weighted by molar-refractivity contribution is 0.0180. The number of unbranched alkanes of at least 4 members (excludes halogenated alkanes) is 2. The minimum absolute atomic E-state index is 0.548. The van der Waals surface area contributed by atoms with Gasteiger partial charge in [0.05, 0.1) is 23.5 Å². The van der Waals surface area contributed by atoms with Crippen LogP contribution in [-0.2, 0) is 13.0 Å². The lowest BCUT2D eigenvalue weighted by Gasteiger charge is -2.28. The molecule has 0 bridgehead atoms. The maximum Gasteiger partial charge on any atom is 0.0935 e. The summed E-state index contributed by atoms with van der Waals surface area (Å²) in [5.74, 6) is 0. The lowest BCUT2D eigenvalue weighted by Crippen LogP contribution is -2.32. The minimum Gasteiger partial charge on any atom is -0.389 e. The van der Waals surface area contributed by atoms with Gasteiger partial charge < -0.3 is 5.11 Å². The fraction of sp³-hybridized carbons (Fsp3) is 0.440. The molecule has 0 saturated heterocycles. The highest BCUT2D eigenvalue weighted by atomic mass is 16.3. The summed E-state index contributed by atoms with van der Waals surface area (Å²) in [6.45, 7) is 5.01. The Balaban J connectivity index is 1.95. The Labute approximate surface area is 174 Å². The van der Waals surface area contributed by atoms with Crippen LogP contribution in [0.3, 0.4) is 0 Å². The van der Waals surface area contributed by atoms with E-state index in [4.69, 9.17) is 0 Å². The van der Waals surface area contributed by atoms with Gasteiger partial charge in [-0.25, -0.2) is 4.68 Å². The highest BCUT2D eigenvalue weighted by molar-refractivity contribution is 5.62. The summed E-state index contributed by atoms with van der Waals surface area (Å²) >= 11 is 0. The number of nitrogens with zero attached hydrogens (tertiary/aromatic N) is 3. The molecule has 0 saturated carbocycles. The Morgan fingerprint density at radius 3 is 2.03 bits per heavy atom. The van der Waals surface area contributed by atoms with Crippen LogP contribution < -0.4 is 0 Å². The summed E-state index contributed by atoms with van der Waals surface area (Å²) in [4.78, 5) is 0. The molecule has 0 aliphatic rings. The fourth-order valence-electron chi connectivity index (χ4n) is 3.87. The van der Waals surface area contributed by atoms with Gasteiger partial charge in [0, 0.05) is 12.0 Å². The van der Waals surface area contributed by atoms with Gasteiger partial charge in [-0.15, -0.1) is 5.10 Å². The van der Waals surface area contributed by atoms with Gasteiger partial charge in [-0.2, -0.15) is 0 Å². The molecule has 0 aliphatic carbocycles. The summed E-state index contributed by atoms with van der Waals surface area (Å²) < 4.78 is 1.97. The molecule has 0 aliphatic heterocycles. The van der Waals surface area contributed by atoms with E-state index < -0.39 is 5.60 Å². The van der Waals surface area contributed by atoms with Gasteiger partial charge in [0.2, 0.25) is 0 Å². The van der Waals surface area contributed by atoms with Crippen molar-refractivity contribution in [1.29, 1.82) is 0 Å². The third kappa shape index (κ3) is 5.77. The van der Waals surface area contributed by atoms with E-state index in [9.17, 15) is 5.11 Å². The molecule has 1 heterocycles. The molecule has 3 aromatic rings. The van der Waals surface area contributed by atoms with Gasteiger partial charge in [0.1, 0.15) is 0 Å². The third-order valence-corrected chi connectivity index (χ3v) is 5.52. The first-order valence-electron chi connectivity index (χ1n) is 10.9. The van der Waals surface area contributed by atoms with Crippen molar-refractivity contribution in [3.63, 3.8) is 0 Å². The number of aromatic nitrogens is 3. The minimum atomic E-state index is -0.719. The monoisotopic (exact) mass is 391 g/mol. The van der Waals surface area contributed by atoms with Crippen LogP contribution in [0.15, 0.2) is 60.7 Å². The number of benzene rings is 2. The average molecular weight is 392 g/mol. The summed E-state index contributed by atoms with van der Waals surface area (Å²) in [5, 5.41) is 20.5. The zero-order valence-electron chi connectivity index (χ0n) is 17.7. The summed E-state index contributed by atoms with van der Waals surface area (Å²) in [5.41, 5.74) is 3.47. The van der Waals surface area contributed by atoms with Crippen molar-refractivity contribution in [3.05, 3.63) is 71.9 Å². The van der Waals surface area contributed by atoms with Gasteiger partial charge in [0.25, 0.3) is 0 Å². The number of hydrogen-bond acceptors (Lipinski definition) is 3. The van der Waals surface area contributed by atoms with E-state index in [2.05, 4.69) is 48.4 Å². The highest BCUT2D eigenvalue weighted by Gasteiger charge is 2.30. The Morgan fingerprint density at radius 1 is 0.862 bits per heavy atom. The van der Waals surface area contributed by atoms with Crippen molar-refractivity contribution in [1.82, 2.24) is 15.0 Å². The van der Waals surface area contributed by atoms with Crippen molar-refractivity contribution in [2.45, 2.75) is 70.9 Å². The zero-order chi connectivity index (χ0) is 20.5. The normalized spacial score (nSPS) is 11.7. The predicted octanol–water partition coefficient (Wildman–Crippen LogP) is 5.65. The Kier molecular flexibility index (Phi) is 7.59. The Morgan fingerprint density at radius 2 is 1.45 bits per heavy atom. The first-order chi connectivity index (χ1) is 14.1. The molecule has 0 spiro atoms. The average Bonchev–Trinajstić information content (AvgIpc) is 3.14. The topological polar surface area (TPSA) is 50.9 Å². The lowest BCUT2D eigenvalue weighted by atomic mass is 9.85. The molecule has 4 nitrogen and oxygen atoms in total. The molecule has 0 fully saturated rings. The smallest absolute Gasteiger partial charge is 0.0935 e. The van der Waals surface area contributed by atoms with Gasteiger partial charge in [-0.1, -0.05) is 105 Å². The summed E-state index contributed by atoms with van der Waals surface area (Å²) in [6.07, 6.45) is 6.39. The molecule has 4 heteroatoms. The van der Waals surface area contributed by atoms with Crippen molar-refractivity contribution >= 4 is 0 Å². The number of rotatable bonds is 11. The van der Waals surface area contributed by atoms with Gasteiger partial charge in [0.15, 0.2) is 0 Å². The summed E-state index contributed by atoms with van der Waals surface area (Å²) in [7, 11) is 0. The molecule has 1 aromatic heterocycles. The second-order valence-electron chi connectivity index (χ2n) is 8.00. The Bertz CT molecular complexity index is 850. The summed E-state index contributed by atoms with van der Waals surface area (Å²) in [6, 6.07) is 20.6. The highest BCUT2D eigenvalue weighted by Crippen LogP contribution is 2.30. The van der Waals surface area contributed by atoms with Gasteiger partial charge >= 0.3 is 0 Å². The van der Waals surface area contributed by atoms with Crippen LogP contribution in [0.4, 0.5) is 0 Å². The van der Waals surface area contributed by atoms with Crippen LogP contribution >= 0.6 is 0 Å². The molecule has 0 atom stereocenters.